The van der Waals surface area contributed by atoms with Crippen LogP contribution in [0.15, 0.2) is 6.07 Å². The average molecular weight is 266 g/mol. The van der Waals surface area contributed by atoms with Crippen LogP contribution in [-0.2, 0) is 5.75 Å². The topological polar surface area (TPSA) is 63.1 Å². The zero-order valence-electron chi connectivity index (χ0n) is 10.6. The number of carbonyl (C=O) groups is 1. The van der Waals surface area contributed by atoms with E-state index in [4.69, 9.17) is 5.11 Å². The number of carboxylic acid groups (broad SMARTS) is 1. The van der Waals surface area contributed by atoms with Crippen molar-refractivity contribution >= 4 is 17.7 Å². The van der Waals surface area contributed by atoms with Crippen molar-refractivity contribution in [3.63, 3.8) is 0 Å². The van der Waals surface area contributed by atoms with E-state index >= 15 is 0 Å². The third kappa shape index (κ3) is 3.70. The molecule has 1 aromatic heterocycles. The van der Waals surface area contributed by atoms with Gasteiger partial charge in [-0.25, -0.2) is 14.8 Å². The van der Waals surface area contributed by atoms with E-state index in [1.807, 2.05) is 18.7 Å². The molecule has 1 saturated carbocycles. The molecule has 18 heavy (non-hydrogen) atoms. The lowest BCUT2D eigenvalue weighted by Gasteiger charge is -2.20. The maximum Gasteiger partial charge on any atom is 0.354 e. The van der Waals surface area contributed by atoms with Gasteiger partial charge in [-0.1, -0.05) is 19.3 Å². The Hall–Kier alpha value is -1.10. The predicted molar refractivity (Wildman–Crippen MR) is 71.9 cm³/mol. The van der Waals surface area contributed by atoms with Crippen LogP contribution in [0.25, 0.3) is 0 Å². The first-order chi connectivity index (χ1) is 8.65. The van der Waals surface area contributed by atoms with Crippen molar-refractivity contribution < 1.29 is 9.90 Å². The summed E-state index contributed by atoms with van der Waals surface area (Å²) < 4.78 is 0. The van der Waals surface area contributed by atoms with Crippen LogP contribution in [0.1, 0.15) is 54.1 Å². The summed E-state index contributed by atoms with van der Waals surface area (Å²) in [6.07, 6.45) is 6.51. The molecule has 0 spiro atoms. The molecule has 1 N–H and O–H groups in total. The number of hydrogen-bond donors (Lipinski definition) is 1. The predicted octanol–water partition coefficient (Wildman–Crippen LogP) is 3.05. The number of nitrogens with zero attached hydrogens (tertiary/aromatic N) is 2. The van der Waals surface area contributed by atoms with E-state index in [1.54, 1.807) is 0 Å². The van der Waals surface area contributed by atoms with E-state index in [0.29, 0.717) is 16.8 Å². The van der Waals surface area contributed by atoms with Crippen LogP contribution in [0.4, 0.5) is 0 Å². The smallest absolute Gasteiger partial charge is 0.354 e. The van der Waals surface area contributed by atoms with Gasteiger partial charge in [0, 0.05) is 10.9 Å². The summed E-state index contributed by atoms with van der Waals surface area (Å²) in [5, 5.41) is 9.64. The highest BCUT2D eigenvalue weighted by atomic mass is 32.2. The maximum absolute atomic E-state index is 10.9. The lowest BCUT2D eigenvalue weighted by Crippen LogP contribution is -2.10. The Bertz CT molecular complexity index is 431. The van der Waals surface area contributed by atoms with Crippen LogP contribution < -0.4 is 0 Å². The lowest BCUT2D eigenvalue weighted by atomic mass is 10.0. The fraction of sp³-hybridized carbons (Fsp3) is 0.615. The van der Waals surface area contributed by atoms with Gasteiger partial charge in [-0.05, 0) is 25.8 Å². The van der Waals surface area contributed by atoms with Crippen LogP contribution in [0.5, 0.6) is 0 Å². The molecule has 1 heterocycles. The van der Waals surface area contributed by atoms with Gasteiger partial charge in [0.15, 0.2) is 5.69 Å². The second kappa shape index (κ2) is 6.18. The van der Waals surface area contributed by atoms with E-state index in [0.717, 1.165) is 5.69 Å². The first-order valence-electron chi connectivity index (χ1n) is 6.34. The van der Waals surface area contributed by atoms with Gasteiger partial charge in [0.25, 0.3) is 0 Å². The number of hydrogen-bond acceptors (Lipinski definition) is 4. The van der Waals surface area contributed by atoms with Crippen LogP contribution in [0.3, 0.4) is 0 Å². The van der Waals surface area contributed by atoms with Crippen molar-refractivity contribution in [2.24, 2.45) is 0 Å². The molecule has 0 aliphatic heterocycles. The number of aromatic nitrogens is 2. The standard InChI is InChI=1S/C13H18N2O2S/c1-9-7-11(13(16)17)15-12(14-9)8-18-10-5-3-2-4-6-10/h7,10H,2-6,8H2,1H3,(H,16,17). The molecule has 0 amide bonds. The van der Waals surface area contributed by atoms with Gasteiger partial charge in [0.1, 0.15) is 5.82 Å². The van der Waals surface area contributed by atoms with E-state index in [1.165, 1.54) is 38.2 Å². The second-order valence-electron chi connectivity index (χ2n) is 4.69. The second-order valence-corrected chi connectivity index (χ2v) is 5.98. The van der Waals surface area contributed by atoms with Gasteiger partial charge in [-0.3, -0.25) is 0 Å². The molecule has 0 bridgehead atoms. The lowest BCUT2D eigenvalue weighted by molar-refractivity contribution is 0.0689. The normalized spacial score (nSPS) is 16.7. The largest absolute Gasteiger partial charge is 0.477 e. The summed E-state index contributed by atoms with van der Waals surface area (Å²) in [5.74, 6) is 0.375. The summed E-state index contributed by atoms with van der Waals surface area (Å²) >= 11 is 1.86. The summed E-state index contributed by atoms with van der Waals surface area (Å²) in [5.41, 5.74) is 0.823. The molecule has 1 fully saturated rings. The van der Waals surface area contributed by atoms with Crippen LogP contribution >= 0.6 is 11.8 Å². The maximum atomic E-state index is 10.9. The first kappa shape index (κ1) is 13.3. The molecule has 1 aromatic rings. The van der Waals surface area contributed by atoms with Gasteiger partial charge < -0.3 is 5.11 Å². The molecule has 0 radical (unpaired) electrons. The van der Waals surface area contributed by atoms with Gasteiger partial charge >= 0.3 is 5.97 Å². The Labute approximate surface area is 111 Å². The highest BCUT2D eigenvalue weighted by Crippen LogP contribution is 2.29. The minimum Gasteiger partial charge on any atom is -0.477 e. The van der Waals surface area contributed by atoms with E-state index in [2.05, 4.69) is 9.97 Å². The molecule has 4 nitrogen and oxygen atoms in total. The third-order valence-electron chi connectivity index (χ3n) is 3.12. The zero-order chi connectivity index (χ0) is 13.0. The van der Waals surface area contributed by atoms with Crippen molar-refractivity contribution in [1.29, 1.82) is 0 Å². The highest BCUT2D eigenvalue weighted by Gasteiger charge is 2.15. The average Bonchev–Trinajstić information content (AvgIpc) is 2.37. The first-order valence-corrected chi connectivity index (χ1v) is 7.39. The SMILES string of the molecule is Cc1cc(C(=O)O)nc(CSC2CCCCC2)n1. The molecule has 98 valence electrons. The van der Waals surface area contributed by atoms with Crippen molar-refractivity contribution in [3.8, 4) is 0 Å². The fourth-order valence-corrected chi connectivity index (χ4v) is 3.41. The highest BCUT2D eigenvalue weighted by molar-refractivity contribution is 7.99. The number of thioether (sulfide) groups is 1. The van der Waals surface area contributed by atoms with Crippen molar-refractivity contribution in [1.82, 2.24) is 9.97 Å². The summed E-state index contributed by atoms with van der Waals surface area (Å²) in [6.45, 7) is 1.81. The summed E-state index contributed by atoms with van der Waals surface area (Å²) in [6, 6.07) is 1.51. The Kier molecular flexibility index (Phi) is 4.58. The van der Waals surface area contributed by atoms with Gasteiger partial charge in [-0.15, -0.1) is 0 Å². The van der Waals surface area contributed by atoms with E-state index in [-0.39, 0.29) is 5.69 Å². The van der Waals surface area contributed by atoms with Crippen molar-refractivity contribution in [3.05, 3.63) is 23.3 Å². The van der Waals surface area contributed by atoms with Gasteiger partial charge in [0.05, 0.1) is 5.75 Å². The molecule has 1 aliphatic carbocycles. The Balaban J connectivity index is 1.97. The molecule has 2 rings (SSSR count). The van der Waals surface area contributed by atoms with Gasteiger partial charge in [-0.2, -0.15) is 11.8 Å². The molecule has 0 aromatic carbocycles. The molecule has 0 saturated heterocycles. The molecule has 5 heteroatoms. The summed E-state index contributed by atoms with van der Waals surface area (Å²) in [7, 11) is 0. The number of aromatic carboxylic acids is 1. The molecule has 1 aliphatic rings. The van der Waals surface area contributed by atoms with Crippen molar-refractivity contribution in [2.45, 2.75) is 50.0 Å². The fourth-order valence-electron chi connectivity index (χ4n) is 2.23. The Morgan fingerprint density at radius 1 is 1.39 bits per heavy atom. The summed E-state index contributed by atoms with van der Waals surface area (Å²) in [4.78, 5) is 19.3. The third-order valence-corrected chi connectivity index (χ3v) is 4.49. The quantitative estimate of drug-likeness (QED) is 0.907. The Morgan fingerprint density at radius 3 is 2.78 bits per heavy atom. The monoisotopic (exact) mass is 266 g/mol. The Morgan fingerprint density at radius 2 is 2.11 bits per heavy atom. The van der Waals surface area contributed by atoms with Crippen LogP contribution in [0, 0.1) is 6.92 Å². The number of aryl methyl sites for hydroxylation is 1. The number of rotatable bonds is 4. The van der Waals surface area contributed by atoms with Crippen molar-refractivity contribution in [2.75, 3.05) is 0 Å². The minimum atomic E-state index is -0.982. The molecular formula is C13H18N2O2S. The van der Waals surface area contributed by atoms with Gasteiger partial charge in [0.2, 0.25) is 0 Å². The molecule has 0 unspecified atom stereocenters. The van der Waals surface area contributed by atoms with E-state index < -0.39 is 5.97 Å². The van der Waals surface area contributed by atoms with Crippen LogP contribution in [0.2, 0.25) is 0 Å². The van der Waals surface area contributed by atoms with E-state index in [9.17, 15) is 4.79 Å². The molecule has 0 atom stereocenters. The van der Waals surface area contributed by atoms with Crippen LogP contribution in [-0.4, -0.2) is 26.3 Å². The molecular weight excluding hydrogens is 248 g/mol. The number of carboxylic acids is 1. The zero-order valence-corrected chi connectivity index (χ0v) is 11.4. The minimum absolute atomic E-state index is 0.0988.